The van der Waals surface area contributed by atoms with E-state index < -0.39 is 5.54 Å². The molecule has 0 aliphatic carbocycles. The van der Waals surface area contributed by atoms with Crippen LogP contribution in [0.2, 0.25) is 0 Å². The van der Waals surface area contributed by atoms with Crippen molar-refractivity contribution in [1.82, 2.24) is 10.1 Å². The van der Waals surface area contributed by atoms with Crippen LogP contribution in [0, 0.1) is 0 Å². The Morgan fingerprint density at radius 2 is 1.82 bits per heavy atom. The van der Waals surface area contributed by atoms with Crippen LogP contribution < -0.4 is 5.73 Å². The third-order valence-electron chi connectivity index (χ3n) is 2.01. The van der Waals surface area contributed by atoms with Crippen molar-refractivity contribution in [1.29, 1.82) is 0 Å². The number of hydrogen-bond acceptors (Lipinski definition) is 5. The molecule has 2 N–H and O–H groups in total. The van der Waals surface area contributed by atoms with Gasteiger partial charge in [0.25, 0.3) is 0 Å². The van der Waals surface area contributed by atoms with Gasteiger partial charge in [0.15, 0.2) is 0 Å². The van der Waals surface area contributed by atoms with Crippen molar-refractivity contribution in [2.24, 2.45) is 5.73 Å². The summed E-state index contributed by atoms with van der Waals surface area (Å²) < 4.78 is 5.10. The SMILES string of the molecule is C=O.CC(C)(N)c1nc(-c2ccccc2)no1. The van der Waals surface area contributed by atoms with Gasteiger partial charge in [0.2, 0.25) is 11.7 Å². The molecule has 0 spiro atoms. The summed E-state index contributed by atoms with van der Waals surface area (Å²) in [4.78, 5) is 12.2. The highest BCUT2D eigenvalue weighted by Gasteiger charge is 2.22. The van der Waals surface area contributed by atoms with Gasteiger partial charge in [0.05, 0.1) is 5.54 Å². The van der Waals surface area contributed by atoms with Crippen LogP contribution in [0.25, 0.3) is 11.4 Å². The number of nitrogens with two attached hydrogens (primary N) is 1. The monoisotopic (exact) mass is 233 g/mol. The highest BCUT2D eigenvalue weighted by atomic mass is 16.5. The molecule has 90 valence electrons. The van der Waals surface area contributed by atoms with Crippen molar-refractivity contribution in [2.75, 3.05) is 0 Å². The summed E-state index contributed by atoms with van der Waals surface area (Å²) in [6.07, 6.45) is 0. The van der Waals surface area contributed by atoms with E-state index >= 15 is 0 Å². The molecule has 0 bridgehead atoms. The summed E-state index contributed by atoms with van der Waals surface area (Å²) in [6, 6.07) is 9.66. The highest BCUT2D eigenvalue weighted by molar-refractivity contribution is 5.53. The smallest absolute Gasteiger partial charge is 0.246 e. The maximum absolute atomic E-state index is 8.00. The van der Waals surface area contributed by atoms with Gasteiger partial charge in [-0.15, -0.1) is 0 Å². The standard InChI is InChI=1S/C11H13N3O.CH2O/c1-11(2,12)10-13-9(14-15-10)8-6-4-3-5-7-8;1-2/h3-7H,12H2,1-2H3;1H2. The van der Waals surface area contributed by atoms with Gasteiger partial charge in [-0.05, 0) is 13.8 Å². The lowest BCUT2D eigenvalue weighted by Gasteiger charge is -2.10. The molecule has 1 heterocycles. The van der Waals surface area contributed by atoms with E-state index in [0.717, 1.165) is 5.56 Å². The van der Waals surface area contributed by atoms with Crippen LogP contribution >= 0.6 is 0 Å². The van der Waals surface area contributed by atoms with E-state index in [2.05, 4.69) is 10.1 Å². The second-order valence-electron chi connectivity index (χ2n) is 4.01. The molecule has 0 aliphatic rings. The highest BCUT2D eigenvalue weighted by Crippen LogP contribution is 2.19. The van der Waals surface area contributed by atoms with Gasteiger partial charge in [-0.1, -0.05) is 35.5 Å². The predicted octanol–water partition coefficient (Wildman–Crippen LogP) is 1.75. The fourth-order valence-corrected chi connectivity index (χ4v) is 1.19. The lowest BCUT2D eigenvalue weighted by atomic mass is 10.1. The molecule has 0 radical (unpaired) electrons. The van der Waals surface area contributed by atoms with Crippen molar-refractivity contribution in [3.8, 4) is 11.4 Å². The normalized spacial score (nSPS) is 10.5. The minimum Gasteiger partial charge on any atom is -0.337 e. The first-order valence-corrected chi connectivity index (χ1v) is 5.05. The molecule has 2 rings (SSSR count). The number of benzene rings is 1. The topological polar surface area (TPSA) is 82.0 Å². The van der Waals surface area contributed by atoms with Crippen molar-refractivity contribution in [3.63, 3.8) is 0 Å². The van der Waals surface area contributed by atoms with Crippen LogP contribution in [-0.2, 0) is 10.3 Å². The number of hydrogen-bond donors (Lipinski definition) is 1. The molecule has 0 saturated carbocycles. The Labute approximate surface area is 99.6 Å². The Morgan fingerprint density at radius 3 is 2.29 bits per heavy atom. The third-order valence-corrected chi connectivity index (χ3v) is 2.01. The molecule has 1 aromatic heterocycles. The Kier molecular flexibility index (Phi) is 4.12. The van der Waals surface area contributed by atoms with Crippen molar-refractivity contribution in [3.05, 3.63) is 36.2 Å². The van der Waals surface area contributed by atoms with Crippen LogP contribution in [0.3, 0.4) is 0 Å². The zero-order valence-corrected chi connectivity index (χ0v) is 9.88. The van der Waals surface area contributed by atoms with Crippen molar-refractivity contribution >= 4 is 6.79 Å². The van der Waals surface area contributed by atoms with Crippen LogP contribution in [-0.4, -0.2) is 16.9 Å². The number of rotatable bonds is 2. The van der Waals surface area contributed by atoms with Gasteiger partial charge in [-0.25, -0.2) is 0 Å². The molecule has 5 heteroatoms. The molecule has 0 fully saturated rings. The van der Waals surface area contributed by atoms with Gasteiger partial charge in [-0.2, -0.15) is 4.98 Å². The quantitative estimate of drug-likeness (QED) is 0.854. The molecule has 0 amide bonds. The molecule has 0 aliphatic heterocycles. The zero-order valence-electron chi connectivity index (χ0n) is 9.88. The number of nitrogens with zero attached hydrogens (tertiary/aromatic N) is 2. The van der Waals surface area contributed by atoms with E-state index in [-0.39, 0.29) is 0 Å². The minimum absolute atomic E-state index is 0.446. The van der Waals surface area contributed by atoms with E-state index in [9.17, 15) is 0 Å². The van der Waals surface area contributed by atoms with E-state index in [4.69, 9.17) is 15.1 Å². The molecule has 2 aromatic rings. The van der Waals surface area contributed by atoms with Gasteiger partial charge in [0.1, 0.15) is 6.79 Å². The lowest BCUT2D eigenvalue weighted by molar-refractivity contribution is -0.0979. The average molecular weight is 233 g/mol. The van der Waals surface area contributed by atoms with Crippen LogP contribution in [0.4, 0.5) is 0 Å². The predicted molar refractivity (Wildman–Crippen MR) is 64.1 cm³/mol. The molecule has 0 saturated heterocycles. The molecule has 0 atom stereocenters. The number of aromatic nitrogens is 2. The Hall–Kier alpha value is -2.01. The fraction of sp³-hybridized carbons (Fsp3) is 0.250. The van der Waals surface area contributed by atoms with E-state index in [1.54, 1.807) is 0 Å². The maximum atomic E-state index is 8.00. The summed E-state index contributed by atoms with van der Waals surface area (Å²) in [7, 11) is 0. The van der Waals surface area contributed by atoms with E-state index in [0.29, 0.717) is 11.7 Å². The van der Waals surface area contributed by atoms with Crippen LogP contribution in [0.1, 0.15) is 19.7 Å². The molecule has 17 heavy (non-hydrogen) atoms. The van der Waals surface area contributed by atoms with E-state index in [1.807, 2.05) is 51.0 Å². The summed E-state index contributed by atoms with van der Waals surface area (Å²) in [5.41, 5.74) is 6.18. The second-order valence-corrected chi connectivity index (χ2v) is 4.01. The van der Waals surface area contributed by atoms with Gasteiger partial charge in [-0.3, -0.25) is 0 Å². The lowest BCUT2D eigenvalue weighted by Crippen LogP contribution is -2.28. The number of carbonyl (C=O) groups excluding carboxylic acids is 1. The average Bonchev–Trinajstić information content (AvgIpc) is 2.82. The van der Waals surface area contributed by atoms with Gasteiger partial charge >= 0.3 is 0 Å². The molecular formula is C12H15N3O2. The first kappa shape index (κ1) is 13.1. The Morgan fingerprint density at radius 1 is 1.24 bits per heavy atom. The van der Waals surface area contributed by atoms with Crippen LogP contribution in [0.5, 0.6) is 0 Å². The van der Waals surface area contributed by atoms with E-state index in [1.165, 1.54) is 0 Å². The summed E-state index contributed by atoms with van der Waals surface area (Å²) in [6.45, 7) is 5.66. The van der Waals surface area contributed by atoms with Gasteiger partial charge < -0.3 is 15.1 Å². The fourth-order valence-electron chi connectivity index (χ4n) is 1.19. The molecule has 1 aromatic carbocycles. The van der Waals surface area contributed by atoms with Crippen molar-refractivity contribution < 1.29 is 9.32 Å². The summed E-state index contributed by atoms with van der Waals surface area (Å²) >= 11 is 0. The Bertz CT molecular complexity index is 460. The molecule has 5 nitrogen and oxygen atoms in total. The second kappa shape index (κ2) is 5.36. The largest absolute Gasteiger partial charge is 0.337 e. The van der Waals surface area contributed by atoms with Gasteiger partial charge in [0, 0.05) is 5.56 Å². The first-order valence-electron chi connectivity index (χ1n) is 5.05. The molecular weight excluding hydrogens is 218 g/mol. The maximum Gasteiger partial charge on any atom is 0.246 e. The zero-order chi connectivity index (χ0) is 12.9. The Balaban J connectivity index is 0.000000686. The minimum atomic E-state index is -0.597. The third kappa shape index (κ3) is 3.22. The first-order chi connectivity index (χ1) is 8.07. The van der Waals surface area contributed by atoms with Crippen molar-refractivity contribution in [2.45, 2.75) is 19.4 Å². The van der Waals surface area contributed by atoms with Crippen LogP contribution in [0.15, 0.2) is 34.9 Å². The summed E-state index contributed by atoms with van der Waals surface area (Å²) in [5.74, 6) is 1.02. The summed E-state index contributed by atoms with van der Waals surface area (Å²) in [5, 5.41) is 3.89. The molecule has 0 unspecified atom stereocenters. The number of carbonyl (C=O) groups is 1.